The first-order valence-corrected chi connectivity index (χ1v) is 6.54. The van der Waals surface area contributed by atoms with Gasteiger partial charge in [0.05, 0.1) is 0 Å². The summed E-state index contributed by atoms with van der Waals surface area (Å²) in [7, 11) is 2.16. The molecule has 3 rings (SSSR count). The fourth-order valence-electron chi connectivity index (χ4n) is 2.67. The van der Waals surface area contributed by atoms with Gasteiger partial charge in [0, 0.05) is 34.2 Å². The zero-order valence-electron chi connectivity index (χ0n) is 9.33. The predicted molar refractivity (Wildman–Crippen MR) is 70.6 cm³/mol. The van der Waals surface area contributed by atoms with Gasteiger partial charge >= 0.3 is 0 Å². The topological polar surface area (TPSA) is 17.0 Å². The van der Waals surface area contributed by atoms with Crippen molar-refractivity contribution in [3.05, 3.63) is 34.4 Å². The molecule has 1 aliphatic rings. The zero-order valence-corrected chi connectivity index (χ0v) is 10.9. The Bertz CT molecular complexity index is 485. The van der Waals surface area contributed by atoms with Crippen molar-refractivity contribution < 1.29 is 0 Å². The largest absolute Gasteiger partial charge is 0.345 e. The maximum absolute atomic E-state index is 3.75. The van der Waals surface area contributed by atoms with Crippen LogP contribution in [0.2, 0.25) is 0 Å². The van der Waals surface area contributed by atoms with Crippen molar-refractivity contribution in [1.29, 1.82) is 0 Å². The fourth-order valence-corrected chi connectivity index (χ4v) is 3.55. The third-order valence-corrected chi connectivity index (χ3v) is 4.31. The molecule has 16 heavy (non-hydrogen) atoms. The maximum Gasteiger partial charge on any atom is 0.0499 e. The standard InChI is InChI=1S/C13H15BrN2/c1-16-11-7-3-2-5-9(11)12(14)13(16)10-6-4-8-15-10/h2-3,5,7,10,15H,4,6,8H2,1H3. The van der Waals surface area contributed by atoms with Crippen LogP contribution in [0.5, 0.6) is 0 Å². The number of aromatic nitrogens is 1. The summed E-state index contributed by atoms with van der Waals surface area (Å²) in [4.78, 5) is 0. The van der Waals surface area contributed by atoms with Crippen LogP contribution in [0.4, 0.5) is 0 Å². The molecule has 0 bridgehead atoms. The third-order valence-electron chi connectivity index (χ3n) is 3.48. The molecular formula is C13H15BrN2. The molecular weight excluding hydrogens is 264 g/mol. The van der Waals surface area contributed by atoms with Gasteiger partial charge in [0.15, 0.2) is 0 Å². The third kappa shape index (κ3) is 1.42. The Hall–Kier alpha value is -0.800. The number of benzene rings is 1. The van der Waals surface area contributed by atoms with Crippen LogP contribution in [-0.2, 0) is 7.05 Å². The van der Waals surface area contributed by atoms with Crippen LogP contribution in [0, 0.1) is 0 Å². The lowest BCUT2D eigenvalue weighted by Crippen LogP contribution is -2.16. The molecule has 1 atom stereocenters. The van der Waals surface area contributed by atoms with E-state index in [0.29, 0.717) is 6.04 Å². The van der Waals surface area contributed by atoms with E-state index < -0.39 is 0 Å². The van der Waals surface area contributed by atoms with Crippen molar-refractivity contribution in [2.24, 2.45) is 7.05 Å². The van der Waals surface area contributed by atoms with Crippen molar-refractivity contribution >= 4 is 26.8 Å². The Morgan fingerprint density at radius 3 is 2.88 bits per heavy atom. The van der Waals surface area contributed by atoms with Gasteiger partial charge < -0.3 is 9.88 Å². The van der Waals surface area contributed by atoms with E-state index in [0.717, 1.165) is 6.54 Å². The first-order valence-electron chi connectivity index (χ1n) is 5.75. The Morgan fingerprint density at radius 2 is 2.19 bits per heavy atom. The first kappa shape index (κ1) is 10.4. The van der Waals surface area contributed by atoms with Crippen molar-refractivity contribution in [1.82, 2.24) is 9.88 Å². The lowest BCUT2D eigenvalue weighted by Gasteiger charge is -2.12. The van der Waals surface area contributed by atoms with Crippen molar-refractivity contribution in [2.75, 3.05) is 6.54 Å². The molecule has 0 radical (unpaired) electrons. The van der Waals surface area contributed by atoms with Gasteiger partial charge in [-0.15, -0.1) is 0 Å². The molecule has 2 heterocycles. The molecule has 2 aromatic rings. The van der Waals surface area contributed by atoms with Crippen molar-refractivity contribution in [3.63, 3.8) is 0 Å². The molecule has 3 heteroatoms. The molecule has 0 aliphatic carbocycles. The quantitative estimate of drug-likeness (QED) is 0.847. The lowest BCUT2D eigenvalue weighted by molar-refractivity contribution is 0.601. The van der Waals surface area contributed by atoms with Crippen molar-refractivity contribution in [2.45, 2.75) is 18.9 Å². The smallest absolute Gasteiger partial charge is 0.0499 e. The van der Waals surface area contributed by atoms with Gasteiger partial charge in [-0.05, 0) is 41.4 Å². The summed E-state index contributed by atoms with van der Waals surface area (Å²) in [6, 6.07) is 9.06. The van der Waals surface area contributed by atoms with E-state index in [4.69, 9.17) is 0 Å². The van der Waals surface area contributed by atoms with Crippen LogP contribution >= 0.6 is 15.9 Å². The van der Waals surface area contributed by atoms with Gasteiger partial charge in [0.2, 0.25) is 0 Å². The minimum Gasteiger partial charge on any atom is -0.345 e. The summed E-state index contributed by atoms with van der Waals surface area (Å²) < 4.78 is 3.56. The molecule has 1 saturated heterocycles. The highest BCUT2D eigenvalue weighted by Gasteiger charge is 2.23. The van der Waals surface area contributed by atoms with Crippen LogP contribution in [0.3, 0.4) is 0 Å². The van der Waals surface area contributed by atoms with E-state index in [-0.39, 0.29) is 0 Å². The van der Waals surface area contributed by atoms with E-state index in [9.17, 15) is 0 Å². The number of nitrogens with zero attached hydrogens (tertiary/aromatic N) is 1. The number of rotatable bonds is 1. The normalized spacial score (nSPS) is 20.8. The first-order chi connectivity index (χ1) is 7.79. The summed E-state index contributed by atoms with van der Waals surface area (Å²) >= 11 is 3.75. The number of aryl methyl sites for hydroxylation is 1. The average molecular weight is 279 g/mol. The Morgan fingerprint density at radius 1 is 1.38 bits per heavy atom. The molecule has 2 nitrogen and oxygen atoms in total. The molecule has 1 aromatic heterocycles. The monoisotopic (exact) mass is 278 g/mol. The summed E-state index contributed by atoms with van der Waals surface area (Å²) in [6.07, 6.45) is 2.52. The average Bonchev–Trinajstić information content (AvgIpc) is 2.89. The minimum absolute atomic E-state index is 0.506. The Labute approximate surface area is 104 Å². The summed E-state index contributed by atoms with van der Waals surface area (Å²) in [5, 5.41) is 4.88. The maximum atomic E-state index is 3.75. The second kappa shape index (κ2) is 3.90. The fraction of sp³-hybridized carbons (Fsp3) is 0.385. The molecule has 1 N–H and O–H groups in total. The second-order valence-electron chi connectivity index (χ2n) is 4.42. The Kier molecular flexibility index (Phi) is 2.52. The van der Waals surface area contributed by atoms with Gasteiger partial charge in [0.1, 0.15) is 0 Å². The molecule has 1 aliphatic heterocycles. The highest BCUT2D eigenvalue weighted by molar-refractivity contribution is 9.10. The number of nitrogens with one attached hydrogen (secondary N) is 1. The Balaban J connectivity index is 2.23. The van der Waals surface area contributed by atoms with E-state index in [1.165, 1.54) is 33.9 Å². The summed E-state index contributed by atoms with van der Waals surface area (Å²) in [6.45, 7) is 1.14. The summed E-state index contributed by atoms with van der Waals surface area (Å²) in [5.74, 6) is 0. The second-order valence-corrected chi connectivity index (χ2v) is 5.22. The van der Waals surface area contributed by atoms with Crippen molar-refractivity contribution in [3.8, 4) is 0 Å². The van der Waals surface area contributed by atoms with E-state index in [1.807, 2.05) is 0 Å². The molecule has 0 saturated carbocycles. The highest BCUT2D eigenvalue weighted by atomic mass is 79.9. The predicted octanol–water partition coefficient (Wildman–Crippen LogP) is 3.37. The zero-order chi connectivity index (χ0) is 11.1. The van der Waals surface area contributed by atoms with Crippen LogP contribution in [0.25, 0.3) is 10.9 Å². The molecule has 1 aromatic carbocycles. The van der Waals surface area contributed by atoms with Gasteiger partial charge in [-0.1, -0.05) is 18.2 Å². The number of halogens is 1. The molecule has 0 spiro atoms. The van der Waals surface area contributed by atoms with Gasteiger partial charge in [-0.3, -0.25) is 0 Å². The number of para-hydroxylation sites is 1. The molecule has 1 unspecified atom stereocenters. The SMILES string of the molecule is Cn1c(C2CCCN2)c(Br)c2ccccc21. The number of hydrogen-bond acceptors (Lipinski definition) is 1. The minimum atomic E-state index is 0.506. The molecule has 0 amide bonds. The van der Waals surface area contributed by atoms with Crippen LogP contribution in [0.15, 0.2) is 28.7 Å². The summed E-state index contributed by atoms with van der Waals surface area (Å²) in [5.41, 5.74) is 2.69. The molecule has 1 fully saturated rings. The number of hydrogen-bond donors (Lipinski definition) is 1. The lowest BCUT2D eigenvalue weighted by atomic mass is 10.1. The van der Waals surface area contributed by atoms with E-state index in [1.54, 1.807) is 0 Å². The van der Waals surface area contributed by atoms with Crippen LogP contribution in [-0.4, -0.2) is 11.1 Å². The molecule has 84 valence electrons. The van der Waals surface area contributed by atoms with Crippen LogP contribution in [0.1, 0.15) is 24.6 Å². The van der Waals surface area contributed by atoms with Gasteiger partial charge in [-0.25, -0.2) is 0 Å². The van der Waals surface area contributed by atoms with E-state index >= 15 is 0 Å². The van der Waals surface area contributed by atoms with E-state index in [2.05, 4.69) is 57.1 Å². The highest BCUT2D eigenvalue weighted by Crippen LogP contribution is 2.36. The van der Waals surface area contributed by atoms with Gasteiger partial charge in [0.25, 0.3) is 0 Å². The van der Waals surface area contributed by atoms with Gasteiger partial charge in [-0.2, -0.15) is 0 Å². The number of fused-ring (bicyclic) bond motifs is 1. The van der Waals surface area contributed by atoms with Crippen LogP contribution < -0.4 is 5.32 Å².